The zero-order valence-electron chi connectivity index (χ0n) is 13.3. The molecule has 2 aromatic carbocycles. The maximum atomic E-state index is 12.2. The van der Waals surface area contributed by atoms with Gasteiger partial charge in [0.15, 0.2) is 0 Å². The molecule has 0 atom stereocenters. The molecule has 5 heteroatoms. The highest BCUT2D eigenvalue weighted by Gasteiger charge is 2.06. The molecular formula is C19H17N3O2. The number of hydrogen-bond acceptors (Lipinski definition) is 4. The fourth-order valence-corrected chi connectivity index (χ4v) is 2.12. The van der Waals surface area contributed by atoms with E-state index in [4.69, 9.17) is 4.74 Å². The zero-order valence-corrected chi connectivity index (χ0v) is 13.3. The largest absolute Gasteiger partial charge is 0.438 e. The average molecular weight is 319 g/mol. The number of nitrogens with zero attached hydrogens (tertiary/aromatic N) is 2. The van der Waals surface area contributed by atoms with Gasteiger partial charge in [-0.15, -0.1) is 5.10 Å². The summed E-state index contributed by atoms with van der Waals surface area (Å²) in [6.07, 6.45) is 0. The quantitative estimate of drug-likeness (QED) is 0.781. The Kier molecular flexibility index (Phi) is 4.81. The summed E-state index contributed by atoms with van der Waals surface area (Å²) in [5.41, 5.74) is 2.46. The lowest BCUT2D eigenvalue weighted by atomic mass is 10.2. The number of ether oxygens (including phenoxy) is 1. The third-order valence-corrected chi connectivity index (χ3v) is 3.41. The van der Waals surface area contributed by atoms with Gasteiger partial charge in [0.25, 0.3) is 5.91 Å². The van der Waals surface area contributed by atoms with Gasteiger partial charge in [0.05, 0.1) is 5.69 Å². The highest BCUT2D eigenvalue weighted by atomic mass is 16.5. The summed E-state index contributed by atoms with van der Waals surface area (Å²) in [6.45, 7) is 2.36. The number of hydrogen-bond donors (Lipinski definition) is 1. The van der Waals surface area contributed by atoms with E-state index in [-0.39, 0.29) is 5.91 Å². The van der Waals surface area contributed by atoms with Crippen molar-refractivity contribution in [3.05, 3.63) is 83.6 Å². The molecule has 0 bridgehead atoms. The lowest BCUT2D eigenvalue weighted by Gasteiger charge is -2.07. The lowest BCUT2D eigenvalue weighted by Crippen LogP contribution is -2.22. The molecule has 0 aliphatic heterocycles. The van der Waals surface area contributed by atoms with Gasteiger partial charge in [-0.3, -0.25) is 4.79 Å². The molecule has 1 amide bonds. The van der Waals surface area contributed by atoms with Gasteiger partial charge in [-0.1, -0.05) is 30.3 Å². The van der Waals surface area contributed by atoms with E-state index in [1.165, 1.54) is 0 Å². The van der Waals surface area contributed by atoms with Gasteiger partial charge in [0.2, 0.25) is 5.88 Å². The maximum Gasteiger partial charge on any atom is 0.251 e. The van der Waals surface area contributed by atoms with Gasteiger partial charge in [0, 0.05) is 18.2 Å². The predicted octanol–water partition coefficient (Wildman–Crippen LogP) is 3.51. The number of aryl methyl sites for hydroxylation is 1. The van der Waals surface area contributed by atoms with Crippen molar-refractivity contribution in [1.82, 2.24) is 15.5 Å². The number of nitrogens with one attached hydrogen (secondary N) is 1. The van der Waals surface area contributed by atoms with Gasteiger partial charge in [-0.2, -0.15) is 5.10 Å². The Morgan fingerprint density at radius 3 is 2.38 bits per heavy atom. The minimum absolute atomic E-state index is 0.125. The number of carbonyl (C=O) groups excluding carboxylic acids is 1. The maximum absolute atomic E-state index is 12.2. The molecule has 0 radical (unpaired) electrons. The monoisotopic (exact) mass is 319 g/mol. The molecule has 0 saturated heterocycles. The number of rotatable bonds is 5. The topological polar surface area (TPSA) is 64.1 Å². The first-order valence-electron chi connectivity index (χ1n) is 7.61. The first kappa shape index (κ1) is 15.7. The van der Waals surface area contributed by atoms with Gasteiger partial charge >= 0.3 is 0 Å². The molecule has 0 aliphatic rings. The number of carbonyl (C=O) groups is 1. The summed E-state index contributed by atoms with van der Waals surface area (Å²) in [5.74, 6) is 0.898. The van der Waals surface area contributed by atoms with Crippen LogP contribution >= 0.6 is 0 Å². The summed E-state index contributed by atoms with van der Waals surface area (Å²) in [6, 6.07) is 20.3. The van der Waals surface area contributed by atoms with Crippen LogP contribution < -0.4 is 10.1 Å². The van der Waals surface area contributed by atoms with Gasteiger partial charge in [-0.25, -0.2) is 0 Å². The fraction of sp³-hybridized carbons (Fsp3) is 0.105. The molecule has 3 aromatic rings. The Morgan fingerprint density at radius 1 is 0.958 bits per heavy atom. The average Bonchev–Trinajstić information content (AvgIpc) is 2.63. The van der Waals surface area contributed by atoms with E-state index < -0.39 is 0 Å². The second-order valence-corrected chi connectivity index (χ2v) is 5.31. The third-order valence-electron chi connectivity index (χ3n) is 3.41. The molecule has 0 unspecified atom stereocenters. The summed E-state index contributed by atoms with van der Waals surface area (Å²) in [4.78, 5) is 12.2. The molecule has 24 heavy (non-hydrogen) atoms. The number of benzene rings is 2. The van der Waals surface area contributed by atoms with Crippen molar-refractivity contribution in [1.29, 1.82) is 0 Å². The SMILES string of the molecule is Cc1ccc(Oc2ccc(C(=O)NCc3ccccc3)cc2)nn1. The molecule has 120 valence electrons. The molecule has 0 spiro atoms. The van der Waals surface area contributed by atoms with Crippen molar-refractivity contribution < 1.29 is 9.53 Å². The minimum Gasteiger partial charge on any atom is -0.438 e. The molecule has 3 rings (SSSR count). The fourth-order valence-electron chi connectivity index (χ4n) is 2.12. The molecule has 0 fully saturated rings. The first-order chi connectivity index (χ1) is 11.7. The van der Waals surface area contributed by atoms with Gasteiger partial charge < -0.3 is 10.1 Å². The number of aromatic nitrogens is 2. The second kappa shape index (κ2) is 7.37. The van der Waals surface area contributed by atoms with E-state index in [0.717, 1.165) is 11.3 Å². The summed E-state index contributed by atoms with van der Waals surface area (Å²) in [5, 5.41) is 10.8. The second-order valence-electron chi connectivity index (χ2n) is 5.31. The zero-order chi connectivity index (χ0) is 16.8. The van der Waals surface area contributed by atoms with E-state index in [9.17, 15) is 4.79 Å². The van der Waals surface area contributed by atoms with Crippen LogP contribution in [0.3, 0.4) is 0 Å². The molecular weight excluding hydrogens is 302 g/mol. The van der Waals surface area contributed by atoms with Crippen LogP contribution in [0.1, 0.15) is 21.6 Å². The highest BCUT2D eigenvalue weighted by molar-refractivity contribution is 5.94. The van der Waals surface area contributed by atoms with E-state index in [1.807, 2.05) is 43.3 Å². The van der Waals surface area contributed by atoms with E-state index >= 15 is 0 Å². The first-order valence-corrected chi connectivity index (χ1v) is 7.61. The normalized spacial score (nSPS) is 10.2. The molecule has 1 N–H and O–H groups in total. The minimum atomic E-state index is -0.125. The lowest BCUT2D eigenvalue weighted by molar-refractivity contribution is 0.0951. The Bertz CT molecular complexity index is 800. The molecule has 0 saturated carbocycles. The Hall–Kier alpha value is -3.21. The van der Waals surface area contributed by atoms with Crippen LogP contribution in [0, 0.1) is 6.92 Å². The van der Waals surface area contributed by atoms with Crippen molar-refractivity contribution in [2.45, 2.75) is 13.5 Å². The van der Waals surface area contributed by atoms with Crippen LogP contribution in [-0.4, -0.2) is 16.1 Å². The smallest absolute Gasteiger partial charge is 0.251 e. The van der Waals surface area contributed by atoms with Crippen molar-refractivity contribution in [2.75, 3.05) is 0 Å². The highest BCUT2D eigenvalue weighted by Crippen LogP contribution is 2.19. The van der Waals surface area contributed by atoms with Crippen LogP contribution in [0.2, 0.25) is 0 Å². The van der Waals surface area contributed by atoms with Crippen molar-refractivity contribution in [2.24, 2.45) is 0 Å². The number of amides is 1. The Labute approximate surface area is 140 Å². The summed E-state index contributed by atoms with van der Waals surface area (Å²) >= 11 is 0. The van der Waals surface area contributed by atoms with Crippen LogP contribution in [0.25, 0.3) is 0 Å². The Morgan fingerprint density at radius 2 is 1.71 bits per heavy atom. The van der Waals surface area contributed by atoms with Crippen molar-refractivity contribution in [3.63, 3.8) is 0 Å². The van der Waals surface area contributed by atoms with E-state index in [1.54, 1.807) is 30.3 Å². The van der Waals surface area contributed by atoms with E-state index in [2.05, 4.69) is 15.5 Å². The van der Waals surface area contributed by atoms with Crippen molar-refractivity contribution >= 4 is 5.91 Å². The molecule has 0 aliphatic carbocycles. The molecule has 1 aromatic heterocycles. The van der Waals surface area contributed by atoms with Gasteiger partial charge in [-0.05, 0) is 42.8 Å². The predicted molar refractivity (Wildman–Crippen MR) is 90.9 cm³/mol. The molecule has 5 nitrogen and oxygen atoms in total. The Balaban J connectivity index is 1.59. The third kappa shape index (κ3) is 4.16. The van der Waals surface area contributed by atoms with Gasteiger partial charge in [0.1, 0.15) is 5.75 Å². The summed E-state index contributed by atoms with van der Waals surface area (Å²) in [7, 11) is 0. The summed E-state index contributed by atoms with van der Waals surface area (Å²) < 4.78 is 5.59. The standard InChI is InChI=1S/C19H17N3O2/c1-14-7-12-18(22-21-14)24-17-10-8-16(9-11-17)19(23)20-13-15-5-3-2-4-6-15/h2-12H,13H2,1H3,(H,20,23). The van der Waals surface area contributed by atoms with Crippen LogP contribution in [0.4, 0.5) is 0 Å². The molecule has 1 heterocycles. The van der Waals surface area contributed by atoms with Crippen LogP contribution in [-0.2, 0) is 6.54 Å². The van der Waals surface area contributed by atoms with Crippen LogP contribution in [0.5, 0.6) is 11.6 Å². The van der Waals surface area contributed by atoms with Crippen molar-refractivity contribution in [3.8, 4) is 11.6 Å². The van der Waals surface area contributed by atoms with Crippen LogP contribution in [0.15, 0.2) is 66.7 Å². The van der Waals surface area contributed by atoms with E-state index in [0.29, 0.717) is 23.7 Å².